The highest BCUT2D eigenvalue weighted by molar-refractivity contribution is 6.30. The normalized spacial score (nSPS) is 16.7. The lowest BCUT2D eigenvalue weighted by molar-refractivity contribution is -0.130. The number of halogens is 1. The number of benzene rings is 2. The van der Waals surface area contributed by atoms with Crippen LogP contribution in [0.2, 0.25) is 5.02 Å². The Hall–Kier alpha value is -3.25. The zero-order chi connectivity index (χ0) is 19.7. The first-order chi connectivity index (χ1) is 13.6. The van der Waals surface area contributed by atoms with Gasteiger partial charge in [0, 0.05) is 16.1 Å². The summed E-state index contributed by atoms with van der Waals surface area (Å²) in [6.45, 7) is 0.326. The molecule has 142 valence electrons. The number of cyclic esters (lactones) is 1. The lowest BCUT2D eigenvalue weighted by atomic mass is 10.1. The number of nitrogens with zero attached hydrogens (tertiary/aromatic N) is 1. The third-order valence-corrected chi connectivity index (χ3v) is 4.52. The van der Waals surface area contributed by atoms with Crippen molar-refractivity contribution in [3.63, 3.8) is 0 Å². The molecule has 0 spiro atoms. The van der Waals surface area contributed by atoms with E-state index in [1.807, 2.05) is 12.1 Å². The number of carbonyl (C=O) groups excluding carboxylic acids is 1. The quantitative estimate of drug-likeness (QED) is 0.575. The van der Waals surface area contributed by atoms with E-state index in [4.69, 9.17) is 30.5 Å². The van der Waals surface area contributed by atoms with Gasteiger partial charge in [-0.1, -0.05) is 11.6 Å². The molecule has 4 rings (SSSR count). The Morgan fingerprint density at radius 3 is 2.71 bits per heavy atom. The number of hydrogen-bond acceptors (Lipinski definition) is 6. The second-order valence-electron chi connectivity index (χ2n) is 6.10. The fraction of sp³-hybridized carbons (Fsp3) is 0.143. The standard InChI is InChI=1S/C21H16ClNO5/c1-25-18-5-3-13(10-19(18)26-2)20-23-16(21(24)28-20)8-12-7-14-9-15(22)4-6-17(14)27-11-12/h3-10H,11H2,1-2H3. The first kappa shape index (κ1) is 18.1. The van der Waals surface area contributed by atoms with E-state index in [2.05, 4.69) is 4.99 Å². The second-order valence-corrected chi connectivity index (χ2v) is 6.53. The SMILES string of the molecule is COc1ccc(C2=NC(=CC3=Cc4cc(Cl)ccc4OC3)C(=O)O2)cc1OC. The van der Waals surface area contributed by atoms with E-state index in [9.17, 15) is 4.79 Å². The zero-order valence-corrected chi connectivity index (χ0v) is 15.9. The van der Waals surface area contributed by atoms with Gasteiger partial charge >= 0.3 is 5.97 Å². The number of ether oxygens (including phenoxy) is 4. The molecule has 0 bridgehead atoms. The molecule has 0 N–H and O–H groups in total. The summed E-state index contributed by atoms with van der Waals surface area (Å²) in [7, 11) is 3.09. The summed E-state index contributed by atoms with van der Waals surface area (Å²) in [5, 5.41) is 0.613. The highest BCUT2D eigenvalue weighted by Gasteiger charge is 2.25. The van der Waals surface area contributed by atoms with Crippen molar-refractivity contribution in [2.75, 3.05) is 20.8 Å². The highest BCUT2D eigenvalue weighted by Crippen LogP contribution is 2.31. The second kappa shape index (κ2) is 7.40. The lowest BCUT2D eigenvalue weighted by Crippen LogP contribution is -2.08. The maximum absolute atomic E-state index is 12.3. The highest BCUT2D eigenvalue weighted by atomic mass is 35.5. The number of fused-ring (bicyclic) bond motifs is 1. The van der Waals surface area contributed by atoms with Crippen molar-refractivity contribution in [2.24, 2.45) is 4.99 Å². The van der Waals surface area contributed by atoms with Gasteiger partial charge in [0.2, 0.25) is 5.90 Å². The molecule has 2 aromatic carbocycles. The Labute approximate surface area is 166 Å². The van der Waals surface area contributed by atoms with Crippen molar-refractivity contribution >= 4 is 29.5 Å². The predicted octanol–water partition coefficient (Wildman–Crippen LogP) is 4.02. The predicted molar refractivity (Wildman–Crippen MR) is 105 cm³/mol. The third kappa shape index (κ3) is 3.46. The van der Waals surface area contributed by atoms with Crippen LogP contribution in [0, 0.1) is 0 Å². The zero-order valence-electron chi connectivity index (χ0n) is 15.2. The molecule has 2 heterocycles. The molecule has 6 nitrogen and oxygen atoms in total. The van der Waals surface area contributed by atoms with E-state index in [1.54, 1.807) is 43.5 Å². The van der Waals surface area contributed by atoms with E-state index >= 15 is 0 Å². The average molecular weight is 398 g/mol. The van der Waals surface area contributed by atoms with Gasteiger partial charge < -0.3 is 18.9 Å². The lowest BCUT2D eigenvalue weighted by Gasteiger charge is -2.16. The van der Waals surface area contributed by atoms with E-state index in [0.29, 0.717) is 28.7 Å². The Bertz CT molecular complexity index is 1050. The summed E-state index contributed by atoms with van der Waals surface area (Å²) < 4.78 is 21.5. The van der Waals surface area contributed by atoms with Crippen molar-refractivity contribution in [1.82, 2.24) is 0 Å². The molecule has 0 unspecified atom stereocenters. The van der Waals surface area contributed by atoms with Crippen LogP contribution in [-0.2, 0) is 9.53 Å². The Balaban J connectivity index is 1.65. The molecule has 0 amide bonds. The minimum Gasteiger partial charge on any atom is -0.493 e. The van der Waals surface area contributed by atoms with Gasteiger partial charge in [0.15, 0.2) is 17.2 Å². The molecular formula is C21H16ClNO5. The summed E-state index contributed by atoms with van der Waals surface area (Å²) in [6, 6.07) is 10.6. The van der Waals surface area contributed by atoms with E-state index in [-0.39, 0.29) is 11.6 Å². The van der Waals surface area contributed by atoms with Crippen molar-refractivity contribution in [1.29, 1.82) is 0 Å². The van der Waals surface area contributed by atoms with Gasteiger partial charge in [-0.2, -0.15) is 0 Å². The monoisotopic (exact) mass is 397 g/mol. The molecular weight excluding hydrogens is 382 g/mol. The molecule has 0 atom stereocenters. The van der Waals surface area contributed by atoms with Gasteiger partial charge in [-0.25, -0.2) is 9.79 Å². The van der Waals surface area contributed by atoms with Crippen LogP contribution in [-0.4, -0.2) is 32.7 Å². The van der Waals surface area contributed by atoms with Crippen LogP contribution in [0.4, 0.5) is 0 Å². The first-order valence-electron chi connectivity index (χ1n) is 8.45. The van der Waals surface area contributed by atoms with Crippen molar-refractivity contribution in [2.45, 2.75) is 0 Å². The molecule has 2 aliphatic heterocycles. The van der Waals surface area contributed by atoms with Gasteiger partial charge in [0.25, 0.3) is 0 Å². The van der Waals surface area contributed by atoms with Crippen LogP contribution in [0.25, 0.3) is 6.08 Å². The Kier molecular flexibility index (Phi) is 4.79. The molecule has 0 saturated carbocycles. The summed E-state index contributed by atoms with van der Waals surface area (Å²) in [5.41, 5.74) is 2.45. The van der Waals surface area contributed by atoms with Gasteiger partial charge in [0.05, 0.1) is 14.2 Å². The van der Waals surface area contributed by atoms with E-state index in [0.717, 1.165) is 16.9 Å². The van der Waals surface area contributed by atoms with Crippen LogP contribution in [0.15, 0.2) is 58.7 Å². The maximum Gasteiger partial charge on any atom is 0.363 e. The number of esters is 1. The number of carbonyl (C=O) groups is 1. The largest absolute Gasteiger partial charge is 0.493 e. The van der Waals surface area contributed by atoms with Crippen LogP contribution in [0.3, 0.4) is 0 Å². The number of rotatable bonds is 4. The molecule has 28 heavy (non-hydrogen) atoms. The summed E-state index contributed by atoms with van der Waals surface area (Å²) in [4.78, 5) is 16.6. The topological polar surface area (TPSA) is 66.4 Å². The number of methoxy groups -OCH3 is 2. The average Bonchev–Trinajstić information content (AvgIpc) is 3.07. The van der Waals surface area contributed by atoms with E-state index < -0.39 is 5.97 Å². The maximum atomic E-state index is 12.3. The van der Waals surface area contributed by atoms with Gasteiger partial charge in [-0.3, -0.25) is 0 Å². The van der Waals surface area contributed by atoms with Gasteiger partial charge in [-0.15, -0.1) is 0 Å². The van der Waals surface area contributed by atoms with Crippen molar-refractivity contribution < 1.29 is 23.7 Å². The minimum absolute atomic E-state index is 0.199. The van der Waals surface area contributed by atoms with E-state index in [1.165, 1.54) is 7.11 Å². The molecule has 0 fully saturated rings. The first-order valence-corrected chi connectivity index (χ1v) is 8.83. The van der Waals surface area contributed by atoms with Crippen LogP contribution in [0.1, 0.15) is 11.1 Å². The third-order valence-electron chi connectivity index (χ3n) is 4.28. The van der Waals surface area contributed by atoms with Crippen molar-refractivity contribution in [3.8, 4) is 17.2 Å². The summed E-state index contributed by atoms with van der Waals surface area (Å²) in [5.74, 6) is 1.53. The fourth-order valence-corrected chi connectivity index (χ4v) is 3.11. The Morgan fingerprint density at radius 1 is 1.11 bits per heavy atom. The summed E-state index contributed by atoms with van der Waals surface area (Å²) in [6.07, 6.45) is 3.56. The van der Waals surface area contributed by atoms with Gasteiger partial charge in [-0.05, 0) is 54.1 Å². The smallest absolute Gasteiger partial charge is 0.363 e. The molecule has 2 aliphatic rings. The molecule has 0 radical (unpaired) electrons. The number of hydrogen-bond donors (Lipinski definition) is 0. The Morgan fingerprint density at radius 2 is 1.93 bits per heavy atom. The summed E-state index contributed by atoms with van der Waals surface area (Å²) >= 11 is 6.04. The molecule has 2 aromatic rings. The number of aliphatic imine (C=N–C) groups is 1. The molecule has 0 aliphatic carbocycles. The minimum atomic E-state index is -0.525. The van der Waals surface area contributed by atoms with Crippen LogP contribution >= 0.6 is 11.6 Å². The van der Waals surface area contributed by atoms with Crippen LogP contribution < -0.4 is 14.2 Å². The molecule has 0 saturated heterocycles. The van der Waals surface area contributed by atoms with Crippen molar-refractivity contribution in [3.05, 3.63) is 69.9 Å². The van der Waals surface area contributed by atoms with Crippen LogP contribution in [0.5, 0.6) is 17.2 Å². The molecule has 7 heteroatoms. The molecule has 0 aromatic heterocycles. The van der Waals surface area contributed by atoms with Gasteiger partial charge in [0.1, 0.15) is 12.4 Å². The fourth-order valence-electron chi connectivity index (χ4n) is 2.93.